The molecule has 0 fully saturated rings. The lowest BCUT2D eigenvalue weighted by atomic mass is 10.1. The van der Waals surface area contributed by atoms with Crippen LogP contribution in [0, 0.1) is 0 Å². The monoisotopic (exact) mass is 438 g/mol. The highest BCUT2D eigenvalue weighted by Crippen LogP contribution is 2.29. The van der Waals surface area contributed by atoms with Crippen molar-refractivity contribution in [1.82, 2.24) is 9.78 Å². The Kier molecular flexibility index (Phi) is 7.11. The predicted molar refractivity (Wildman–Crippen MR) is 103 cm³/mol. The van der Waals surface area contributed by atoms with Gasteiger partial charge in [0.15, 0.2) is 0 Å². The van der Waals surface area contributed by atoms with Gasteiger partial charge in [0.05, 0.1) is 18.0 Å². The van der Waals surface area contributed by atoms with Crippen LogP contribution in [0.5, 0.6) is 11.5 Å². The number of hydrogen-bond acceptors (Lipinski definition) is 5. The van der Waals surface area contributed by atoms with E-state index < -0.39 is 19.2 Å². The van der Waals surface area contributed by atoms with Gasteiger partial charge in [-0.05, 0) is 61.5 Å². The molecule has 0 aliphatic rings. The molecule has 2 aromatic carbocycles. The first-order valence-electron chi connectivity index (χ1n) is 9.19. The second kappa shape index (κ2) is 9.96. The molecule has 0 saturated heterocycles. The van der Waals surface area contributed by atoms with E-state index in [1.54, 1.807) is 37.3 Å². The van der Waals surface area contributed by atoms with Crippen LogP contribution in [0.1, 0.15) is 6.92 Å². The van der Waals surface area contributed by atoms with Crippen LogP contribution in [0.3, 0.4) is 0 Å². The zero-order valence-electron chi connectivity index (χ0n) is 16.3. The molecule has 0 aliphatic carbocycles. The Labute approximate surface area is 175 Å². The third kappa shape index (κ3) is 5.97. The van der Waals surface area contributed by atoms with Gasteiger partial charge < -0.3 is 14.2 Å². The predicted octanol–water partition coefficient (Wildman–Crippen LogP) is 4.98. The van der Waals surface area contributed by atoms with Gasteiger partial charge in [-0.2, -0.15) is 22.7 Å². The molecule has 0 atom stereocenters. The molecule has 0 unspecified atom stereocenters. The Morgan fingerprint density at radius 2 is 1.42 bits per heavy atom. The van der Waals surface area contributed by atoms with Crippen LogP contribution in [0.25, 0.3) is 22.5 Å². The van der Waals surface area contributed by atoms with Gasteiger partial charge in [-0.25, -0.2) is 0 Å². The molecule has 10 heteroatoms. The van der Waals surface area contributed by atoms with Gasteiger partial charge in [0.2, 0.25) is 0 Å². The minimum atomic E-state index is -2.94. The highest BCUT2D eigenvalue weighted by Gasteiger charge is 2.16. The van der Waals surface area contributed by atoms with E-state index in [1.165, 1.54) is 28.9 Å². The van der Waals surface area contributed by atoms with Gasteiger partial charge in [-0.1, -0.05) is 0 Å². The molecular formula is C21H18F4N2O4. The molecule has 1 aromatic heterocycles. The molecule has 0 N–H and O–H groups in total. The van der Waals surface area contributed by atoms with E-state index >= 15 is 0 Å². The minimum absolute atomic E-state index is 0.000418. The second-order valence-electron chi connectivity index (χ2n) is 6.18. The molecule has 3 rings (SSSR count). The molecule has 0 aliphatic heterocycles. The Balaban J connectivity index is 1.93. The van der Waals surface area contributed by atoms with Crippen molar-refractivity contribution in [2.45, 2.75) is 26.7 Å². The quantitative estimate of drug-likeness (QED) is 0.348. The summed E-state index contributed by atoms with van der Waals surface area (Å²) in [6.45, 7) is -4.17. The van der Waals surface area contributed by atoms with E-state index in [0.29, 0.717) is 22.5 Å². The van der Waals surface area contributed by atoms with E-state index in [-0.39, 0.29) is 24.7 Å². The third-order valence-electron chi connectivity index (χ3n) is 4.11. The number of carbonyl (C=O) groups is 1. The molecule has 0 saturated carbocycles. The normalized spacial score (nSPS) is 11.1. The Bertz CT molecular complexity index is 1010. The molecule has 6 nitrogen and oxygen atoms in total. The zero-order chi connectivity index (χ0) is 22.4. The number of carbonyl (C=O) groups excluding carboxylic acids is 1. The third-order valence-corrected chi connectivity index (χ3v) is 4.11. The van der Waals surface area contributed by atoms with Crippen molar-refractivity contribution < 1.29 is 36.6 Å². The van der Waals surface area contributed by atoms with Gasteiger partial charge in [0.1, 0.15) is 18.0 Å². The Morgan fingerprint density at radius 3 is 1.90 bits per heavy atom. The molecule has 0 spiro atoms. The average Bonchev–Trinajstić information content (AvgIpc) is 3.12. The maximum Gasteiger partial charge on any atom is 0.387 e. The van der Waals surface area contributed by atoms with E-state index in [0.717, 1.165) is 0 Å². The summed E-state index contributed by atoms with van der Waals surface area (Å²) in [5.74, 6) is -0.513. The number of benzene rings is 2. The van der Waals surface area contributed by atoms with E-state index in [9.17, 15) is 22.4 Å². The average molecular weight is 438 g/mol. The molecule has 31 heavy (non-hydrogen) atoms. The molecule has 0 amide bonds. The summed E-state index contributed by atoms with van der Waals surface area (Å²) in [5.41, 5.74) is 2.20. The fourth-order valence-electron chi connectivity index (χ4n) is 2.85. The van der Waals surface area contributed by atoms with E-state index in [1.807, 2.05) is 0 Å². The SMILES string of the molecule is CCOC(=O)Cn1nc(-c2ccc(OC(F)F)cc2)cc1-c1ccc(OC(F)F)cc1. The number of halogens is 4. The molecule has 3 aromatic rings. The Morgan fingerprint density at radius 1 is 0.903 bits per heavy atom. The fourth-order valence-corrected chi connectivity index (χ4v) is 2.85. The van der Waals surface area contributed by atoms with Crippen molar-refractivity contribution in [2.24, 2.45) is 0 Å². The van der Waals surface area contributed by atoms with Crippen molar-refractivity contribution in [2.75, 3.05) is 6.61 Å². The highest BCUT2D eigenvalue weighted by atomic mass is 19.3. The second-order valence-corrected chi connectivity index (χ2v) is 6.18. The number of rotatable bonds is 9. The van der Waals surface area contributed by atoms with Crippen LogP contribution in [0.2, 0.25) is 0 Å². The topological polar surface area (TPSA) is 62.6 Å². The smallest absolute Gasteiger partial charge is 0.387 e. The molecule has 0 radical (unpaired) electrons. The summed E-state index contributed by atoms with van der Waals surface area (Å²) in [6.07, 6.45) is 0. The van der Waals surface area contributed by atoms with Gasteiger partial charge in [-0.15, -0.1) is 0 Å². The van der Waals surface area contributed by atoms with Crippen LogP contribution in [-0.4, -0.2) is 35.6 Å². The largest absolute Gasteiger partial charge is 0.465 e. The summed E-state index contributed by atoms with van der Waals surface area (Å²) in [5, 5.41) is 4.42. The Hall–Kier alpha value is -3.56. The number of hydrogen-bond donors (Lipinski definition) is 0. The lowest BCUT2D eigenvalue weighted by molar-refractivity contribution is -0.144. The number of alkyl halides is 4. The number of esters is 1. The van der Waals surface area contributed by atoms with Gasteiger partial charge in [-0.3, -0.25) is 9.48 Å². The minimum Gasteiger partial charge on any atom is -0.465 e. The fraction of sp³-hybridized carbons (Fsp3) is 0.238. The van der Waals surface area contributed by atoms with Gasteiger partial charge in [0, 0.05) is 11.1 Å². The first-order chi connectivity index (χ1) is 14.9. The summed E-state index contributed by atoms with van der Waals surface area (Å²) in [6, 6.07) is 13.4. The first-order valence-corrected chi connectivity index (χ1v) is 9.19. The number of ether oxygens (including phenoxy) is 3. The van der Waals surface area contributed by atoms with Crippen molar-refractivity contribution in [1.29, 1.82) is 0 Å². The lowest BCUT2D eigenvalue weighted by Gasteiger charge is -2.08. The van der Waals surface area contributed by atoms with E-state index in [4.69, 9.17) is 4.74 Å². The van der Waals surface area contributed by atoms with Crippen molar-refractivity contribution in [3.63, 3.8) is 0 Å². The molecular weight excluding hydrogens is 420 g/mol. The molecule has 164 valence electrons. The summed E-state index contributed by atoms with van der Waals surface area (Å²) in [4.78, 5) is 12.0. The van der Waals surface area contributed by atoms with Crippen molar-refractivity contribution in [3.05, 3.63) is 54.6 Å². The standard InChI is InChI=1S/C21H18F4N2O4/c1-2-29-19(28)12-27-18(14-5-9-16(10-6-14)31-21(24)25)11-17(26-27)13-3-7-15(8-4-13)30-20(22)23/h3-11,20-21H,2,12H2,1H3. The molecule has 1 heterocycles. The lowest BCUT2D eigenvalue weighted by Crippen LogP contribution is -2.15. The summed E-state index contributed by atoms with van der Waals surface area (Å²) in [7, 11) is 0. The maximum atomic E-state index is 12.4. The zero-order valence-corrected chi connectivity index (χ0v) is 16.3. The van der Waals surface area contributed by atoms with Crippen molar-refractivity contribution in [3.8, 4) is 34.0 Å². The van der Waals surface area contributed by atoms with Gasteiger partial charge >= 0.3 is 19.2 Å². The summed E-state index contributed by atoms with van der Waals surface area (Å²) >= 11 is 0. The van der Waals surface area contributed by atoms with E-state index in [2.05, 4.69) is 14.6 Å². The van der Waals surface area contributed by atoms with Crippen LogP contribution in [0.15, 0.2) is 54.6 Å². The number of aromatic nitrogens is 2. The number of nitrogens with zero attached hydrogens (tertiary/aromatic N) is 2. The summed E-state index contributed by atoms with van der Waals surface area (Å²) < 4.78 is 64.5. The molecule has 0 bridgehead atoms. The van der Waals surface area contributed by atoms with Crippen molar-refractivity contribution >= 4 is 5.97 Å². The van der Waals surface area contributed by atoms with Crippen LogP contribution >= 0.6 is 0 Å². The van der Waals surface area contributed by atoms with Gasteiger partial charge in [0.25, 0.3) is 0 Å². The van der Waals surface area contributed by atoms with Crippen LogP contribution in [-0.2, 0) is 16.1 Å². The van der Waals surface area contributed by atoms with Crippen LogP contribution in [0.4, 0.5) is 17.6 Å². The maximum absolute atomic E-state index is 12.4. The van der Waals surface area contributed by atoms with Crippen LogP contribution < -0.4 is 9.47 Å². The first kappa shape index (κ1) is 22.1. The highest BCUT2D eigenvalue weighted by molar-refractivity contribution is 5.73.